The van der Waals surface area contributed by atoms with Crippen LogP contribution in [0.4, 0.5) is 5.69 Å². The molecule has 3 aromatic rings. The molecule has 0 aliphatic carbocycles. The highest BCUT2D eigenvalue weighted by atomic mass is 35.5. The van der Waals surface area contributed by atoms with Gasteiger partial charge >= 0.3 is 0 Å². The van der Waals surface area contributed by atoms with E-state index in [4.69, 9.17) is 16.1 Å². The summed E-state index contributed by atoms with van der Waals surface area (Å²) >= 11 is 5.98. The zero-order valence-electron chi connectivity index (χ0n) is 14.8. The summed E-state index contributed by atoms with van der Waals surface area (Å²) in [5.74, 6) is 0.821. The standard InChI is InChI=1S/C20H20ClN3O2/c1-3-14-7-4-6-13(2)19(14)22-17(25)10-11-18-23-20(24-26-18)15-8-5-9-16(21)12-15/h4-9,12H,3,10-11H2,1-2H3,(H,22,25). The zero-order chi connectivity index (χ0) is 18.5. The van der Waals surface area contributed by atoms with Crippen molar-refractivity contribution in [2.45, 2.75) is 33.1 Å². The number of carbonyl (C=O) groups is 1. The maximum atomic E-state index is 12.3. The maximum Gasteiger partial charge on any atom is 0.227 e. The molecule has 3 rings (SSSR count). The van der Waals surface area contributed by atoms with E-state index in [0.717, 1.165) is 28.8 Å². The first kappa shape index (κ1) is 18.1. The first-order valence-corrected chi connectivity index (χ1v) is 8.91. The van der Waals surface area contributed by atoms with E-state index in [2.05, 4.69) is 22.4 Å². The van der Waals surface area contributed by atoms with Crippen LogP contribution in [-0.2, 0) is 17.6 Å². The van der Waals surface area contributed by atoms with Crippen LogP contribution in [0.1, 0.15) is 30.4 Å². The third kappa shape index (κ3) is 4.29. The van der Waals surface area contributed by atoms with Gasteiger partial charge in [0, 0.05) is 29.1 Å². The third-order valence-corrected chi connectivity index (χ3v) is 4.36. The second-order valence-corrected chi connectivity index (χ2v) is 6.47. The molecule has 2 aromatic carbocycles. The van der Waals surface area contributed by atoms with Gasteiger partial charge in [-0.3, -0.25) is 4.79 Å². The smallest absolute Gasteiger partial charge is 0.227 e. The molecule has 0 saturated heterocycles. The highest BCUT2D eigenvalue weighted by molar-refractivity contribution is 6.30. The van der Waals surface area contributed by atoms with Gasteiger partial charge in [0.15, 0.2) is 0 Å². The van der Waals surface area contributed by atoms with Gasteiger partial charge in [-0.05, 0) is 36.6 Å². The van der Waals surface area contributed by atoms with E-state index in [1.165, 1.54) is 0 Å². The summed E-state index contributed by atoms with van der Waals surface area (Å²) in [7, 11) is 0. The highest BCUT2D eigenvalue weighted by Crippen LogP contribution is 2.22. The second kappa shape index (κ2) is 8.15. The normalized spacial score (nSPS) is 10.7. The Bertz CT molecular complexity index is 921. The Hall–Kier alpha value is -2.66. The van der Waals surface area contributed by atoms with Crippen molar-refractivity contribution in [3.63, 3.8) is 0 Å². The van der Waals surface area contributed by atoms with Crippen molar-refractivity contribution in [1.82, 2.24) is 10.1 Å². The monoisotopic (exact) mass is 369 g/mol. The first-order valence-electron chi connectivity index (χ1n) is 8.53. The lowest BCUT2D eigenvalue weighted by Crippen LogP contribution is -2.14. The van der Waals surface area contributed by atoms with Crippen molar-refractivity contribution in [2.75, 3.05) is 5.32 Å². The lowest BCUT2D eigenvalue weighted by Gasteiger charge is -2.12. The van der Waals surface area contributed by atoms with Crippen molar-refractivity contribution < 1.29 is 9.32 Å². The summed E-state index contributed by atoms with van der Waals surface area (Å²) in [6.07, 6.45) is 1.52. The Morgan fingerprint density at radius 3 is 2.81 bits per heavy atom. The van der Waals surface area contributed by atoms with E-state index in [1.807, 2.05) is 37.3 Å². The number of anilines is 1. The summed E-state index contributed by atoms with van der Waals surface area (Å²) in [6.45, 7) is 4.06. The number of hydrogen-bond acceptors (Lipinski definition) is 4. The molecule has 0 spiro atoms. The van der Waals surface area contributed by atoms with E-state index in [9.17, 15) is 4.79 Å². The van der Waals surface area contributed by atoms with Gasteiger partial charge in [0.2, 0.25) is 17.6 Å². The number of halogens is 1. The largest absolute Gasteiger partial charge is 0.339 e. The lowest BCUT2D eigenvalue weighted by molar-refractivity contribution is -0.116. The fourth-order valence-electron chi connectivity index (χ4n) is 2.73. The molecular weight excluding hydrogens is 350 g/mol. The van der Waals surface area contributed by atoms with Crippen molar-refractivity contribution in [3.05, 3.63) is 64.5 Å². The molecule has 0 atom stereocenters. The summed E-state index contributed by atoms with van der Waals surface area (Å²) in [5, 5.41) is 7.56. The number of aryl methyl sites for hydroxylation is 3. The highest BCUT2D eigenvalue weighted by Gasteiger charge is 2.13. The molecule has 26 heavy (non-hydrogen) atoms. The molecule has 0 radical (unpaired) electrons. The van der Waals surface area contributed by atoms with Gasteiger partial charge in [-0.25, -0.2) is 0 Å². The minimum absolute atomic E-state index is 0.0727. The number of nitrogens with one attached hydrogen (secondary N) is 1. The van der Waals surface area contributed by atoms with E-state index >= 15 is 0 Å². The zero-order valence-corrected chi connectivity index (χ0v) is 15.5. The molecule has 1 N–H and O–H groups in total. The Kier molecular flexibility index (Phi) is 5.68. The molecule has 134 valence electrons. The number of hydrogen-bond donors (Lipinski definition) is 1. The Morgan fingerprint density at radius 2 is 2.04 bits per heavy atom. The number of nitrogens with zero attached hydrogens (tertiary/aromatic N) is 2. The summed E-state index contributed by atoms with van der Waals surface area (Å²) in [6, 6.07) is 13.3. The molecule has 0 aliphatic rings. The summed E-state index contributed by atoms with van der Waals surface area (Å²) in [4.78, 5) is 16.6. The average Bonchev–Trinajstić information content (AvgIpc) is 3.11. The SMILES string of the molecule is CCc1cccc(C)c1NC(=O)CCc1nc(-c2cccc(Cl)c2)no1. The molecule has 0 bridgehead atoms. The molecule has 1 aromatic heterocycles. The van der Waals surface area contributed by atoms with Crippen LogP contribution in [0.15, 0.2) is 47.0 Å². The van der Waals surface area contributed by atoms with Gasteiger partial charge in [0.25, 0.3) is 0 Å². The van der Waals surface area contributed by atoms with E-state index in [0.29, 0.717) is 23.2 Å². The Morgan fingerprint density at radius 1 is 1.23 bits per heavy atom. The van der Waals surface area contributed by atoms with Gasteiger partial charge in [-0.1, -0.05) is 54.0 Å². The van der Waals surface area contributed by atoms with Crippen molar-refractivity contribution in [2.24, 2.45) is 0 Å². The lowest BCUT2D eigenvalue weighted by atomic mass is 10.1. The van der Waals surface area contributed by atoms with Crippen molar-refractivity contribution in [1.29, 1.82) is 0 Å². The van der Waals surface area contributed by atoms with Gasteiger partial charge in [-0.2, -0.15) is 4.98 Å². The summed E-state index contributed by atoms with van der Waals surface area (Å²) < 4.78 is 5.24. The van der Waals surface area contributed by atoms with Crippen LogP contribution in [0.5, 0.6) is 0 Å². The van der Waals surface area contributed by atoms with Crippen LogP contribution < -0.4 is 5.32 Å². The molecule has 6 heteroatoms. The average molecular weight is 370 g/mol. The van der Waals surface area contributed by atoms with Gasteiger partial charge in [-0.15, -0.1) is 0 Å². The first-order chi connectivity index (χ1) is 12.6. The van der Waals surface area contributed by atoms with Crippen molar-refractivity contribution >= 4 is 23.2 Å². The fraction of sp³-hybridized carbons (Fsp3) is 0.250. The van der Waals surface area contributed by atoms with Crippen LogP contribution >= 0.6 is 11.6 Å². The molecule has 0 aliphatic heterocycles. The van der Waals surface area contributed by atoms with Crippen molar-refractivity contribution in [3.8, 4) is 11.4 Å². The number of aromatic nitrogens is 2. The fourth-order valence-corrected chi connectivity index (χ4v) is 2.92. The van der Waals surface area contributed by atoms with Crippen LogP contribution in [0.2, 0.25) is 5.02 Å². The van der Waals surface area contributed by atoms with Gasteiger partial charge in [0.05, 0.1) is 0 Å². The minimum Gasteiger partial charge on any atom is -0.339 e. The molecule has 5 nitrogen and oxygen atoms in total. The number of para-hydroxylation sites is 1. The molecule has 0 unspecified atom stereocenters. The second-order valence-electron chi connectivity index (χ2n) is 6.03. The number of rotatable bonds is 6. The predicted octanol–water partition coefficient (Wildman–Crippen LogP) is 4.83. The molecular formula is C20H20ClN3O2. The number of amides is 1. The minimum atomic E-state index is -0.0727. The van der Waals surface area contributed by atoms with Gasteiger partial charge < -0.3 is 9.84 Å². The van der Waals surface area contributed by atoms with E-state index in [1.54, 1.807) is 12.1 Å². The predicted molar refractivity (Wildman–Crippen MR) is 102 cm³/mol. The Balaban J connectivity index is 1.62. The molecule has 1 amide bonds. The number of carbonyl (C=O) groups excluding carboxylic acids is 1. The Labute approximate surface area is 157 Å². The molecule has 1 heterocycles. The van der Waals surface area contributed by atoms with Crippen LogP contribution in [-0.4, -0.2) is 16.0 Å². The molecule has 0 saturated carbocycles. The topological polar surface area (TPSA) is 68.0 Å². The maximum absolute atomic E-state index is 12.3. The summed E-state index contributed by atoms with van der Waals surface area (Å²) in [5.41, 5.74) is 3.85. The van der Waals surface area contributed by atoms with Gasteiger partial charge in [0.1, 0.15) is 0 Å². The van der Waals surface area contributed by atoms with Crippen LogP contribution in [0.25, 0.3) is 11.4 Å². The van der Waals surface area contributed by atoms with E-state index < -0.39 is 0 Å². The van der Waals surface area contributed by atoms with Crippen LogP contribution in [0, 0.1) is 6.92 Å². The molecule has 0 fully saturated rings. The quantitative estimate of drug-likeness (QED) is 0.675. The van der Waals surface area contributed by atoms with Crippen LogP contribution in [0.3, 0.4) is 0 Å². The number of benzene rings is 2. The van der Waals surface area contributed by atoms with E-state index in [-0.39, 0.29) is 12.3 Å². The third-order valence-electron chi connectivity index (χ3n) is 4.12.